The molecule has 0 aliphatic heterocycles. The average molecular weight is 374 g/mol. The summed E-state index contributed by atoms with van der Waals surface area (Å²) in [5.41, 5.74) is 3.57. The number of aromatic nitrogens is 1. The highest BCUT2D eigenvalue weighted by Crippen LogP contribution is 2.25. The highest BCUT2D eigenvalue weighted by atomic mass is 16.5. The van der Waals surface area contributed by atoms with Crippen LogP contribution in [0.2, 0.25) is 0 Å². The molecule has 1 amide bonds. The molecule has 1 N–H and O–H groups in total. The number of rotatable bonds is 7. The van der Waals surface area contributed by atoms with Crippen LogP contribution in [-0.2, 0) is 11.4 Å². The first-order chi connectivity index (χ1) is 13.7. The van der Waals surface area contributed by atoms with Crippen LogP contribution in [-0.4, -0.2) is 18.0 Å². The van der Waals surface area contributed by atoms with E-state index in [4.69, 9.17) is 9.47 Å². The molecule has 1 heterocycles. The van der Waals surface area contributed by atoms with E-state index in [1.54, 1.807) is 25.6 Å². The fraction of sp³-hybridized carbons (Fsp3) is 0.130. The summed E-state index contributed by atoms with van der Waals surface area (Å²) in [6.07, 6.45) is 6.71. The van der Waals surface area contributed by atoms with Gasteiger partial charge in [0.05, 0.1) is 12.8 Å². The Bertz CT molecular complexity index is 969. The number of para-hydroxylation sites is 2. The van der Waals surface area contributed by atoms with Gasteiger partial charge >= 0.3 is 0 Å². The number of pyridine rings is 1. The van der Waals surface area contributed by atoms with Gasteiger partial charge in [-0.3, -0.25) is 9.78 Å². The molecule has 0 unspecified atom stereocenters. The van der Waals surface area contributed by atoms with Crippen LogP contribution in [0.4, 0.5) is 5.69 Å². The smallest absolute Gasteiger partial charge is 0.248 e. The van der Waals surface area contributed by atoms with Crippen molar-refractivity contribution in [1.82, 2.24) is 4.98 Å². The lowest BCUT2D eigenvalue weighted by molar-refractivity contribution is -0.111. The lowest BCUT2D eigenvalue weighted by Gasteiger charge is -2.11. The first-order valence-corrected chi connectivity index (χ1v) is 8.90. The number of anilines is 1. The maximum absolute atomic E-state index is 12.3. The van der Waals surface area contributed by atoms with E-state index in [2.05, 4.69) is 10.3 Å². The molecule has 0 bridgehead atoms. The fourth-order valence-corrected chi connectivity index (χ4v) is 2.69. The Balaban J connectivity index is 1.64. The van der Waals surface area contributed by atoms with E-state index >= 15 is 0 Å². The Morgan fingerprint density at radius 1 is 1.07 bits per heavy atom. The number of ether oxygens (including phenoxy) is 2. The molecule has 0 aliphatic rings. The van der Waals surface area contributed by atoms with Gasteiger partial charge in [-0.15, -0.1) is 0 Å². The number of hydrogen-bond donors (Lipinski definition) is 1. The number of carbonyl (C=O) groups is 1. The molecular weight excluding hydrogens is 352 g/mol. The number of carbonyl (C=O) groups excluding carboxylic acids is 1. The molecule has 0 saturated carbocycles. The molecule has 5 nitrogen and oxygen atoms in total. The highest BCUT2D eigenvalue weighted by molar-refractivity contribution is 6.02. The molecule has 5 heteroatoms. The Labute approximate surface area is 164 Å². The number of hydrogen-bond acceptors (Lipinski definition) is 4. The van der Waals surface area contributed by atoms with Crippen LogP contribution in [0, 0.1) is 6.92 Å². The van der Waals surface area contributed by atoms with Gasteiger partial charge in [0, 0.05) is 18.5 Å². The van der Waals surface area contributed by atoms with E-state index in [9.17, 15) is 4.79 Å². The summed E-state index contributed by atoms with van der Waals surface area (Å²) in [4.78, 5) is 16.3. The summed E-state index contributed by atoms with van der Waals surface area (Å²) in [7, 11) is 1.64. The Morgan fingerprint density at radius 3 is 2.61 bits per heavy atom. The summed E-state index contributed by atoms with van der Waals surface area (Å²) in [5, 5.41) is 2.87. The SMILES string of the molecule is COc1ccc(C=CC(=O)Nc2ccccc2OCc2ccncc2)cc1C. The van der Waals surface area contributed by atoms with Crippen molar-refractivity contribution in [3.63, 3.8) is 0 Å². The largest absolute Gasteiger partial charge is 0.496 e. The number of nitrogens with one attached hydrogen (secondary N) is 1. The number of benzene rings is 2. The van der Waals surface area contributed by atoms with Crippen LogP contribution < -0.4 is 14.8 Å². The quantitative estimate of drug-likeness (QED) is 0.613. The van der Waals surface area contributed by atoms with Gasteiger partial charge in [-0.25, -0.2) is 0 Å². The summed E-state index contributed by atoms with van der Waals surface area (Å²) in [5.74, 6) is 1.21. The van der Waals surface area contributed by atoms with Gasteiger partial charge < -0.3 is 14.8 Å². The minimum absolute atomic E-state index is 0.228. The van der Waals surface area contributed by atoms with E-state index in [0.717, 1.165) is 22.4 Å². The van der Waals surface area contributed by atoms with Crippen molar-refractivity contribution in [3.8, 4) is 11.5 Å². The summed E-state index contributed by atoms with van der Waals surface area (Å²) < 4.78 is 11.1. The number of nitrogens with zero attached hydrogens (tertiary/aromatic N) is 1. The van der Waals surface area contributed by atoms with Crippen molar-refractivity contribution >= 4 is 17.7 Å². The van der Waals surface area contributed by atoms with E-state index in [1.165, 1.54) is 6.08 Å². The lowest BCUT2D eigenvalue weighted by atomic mass is 10.1. The van der Waals surface area contributed by atoms with E-state index in [-0.39, 0.29) is 5.91 Å². The van der Waals surface area contributed by atoms with Crippen LogP contribution >= 0.6 is 0 Å². The first kappa shape index (κ1) is 19.2. The molecule has 0 saturated heterocycles. The molecule has 28 heavy (non-hydrogen) atoms. The van der Waals surface area contributed by atoms with Gasteiger partial charge in [0.15, 0.2) is 0 Å². The van der Waals surface area contributed by atoms with Crippen molar-refractivity contribution in [2.75, 3.05) is 12.4 Å². The first-order valence-electron chi connectivity index (χ1n) is 8.90. The molecule has 2 aromatic carbocycles. The average Bonchev–Trinajstić information content (AvgIpc) is 2.72. The normalized spacial score (nSPS) is 10.6. The number of methoxy groups -OCH3 is 1. The summed E-state index contributed by atoms with van der Waals surface area (Å²) in [6, 6.07) is 16.9. The minimum Gasteiger partial charge on any atom is -0.496 e. The molecule has 0 atom stereocenters. The molecule has 1 aromatic heterocycles. The standard InChI is InChI=1S/C23H22N2O3/c1-17-15-18(7-9-21(17)27-2)8-10-23(26)25-20-5-3-4-6-22(20)28-16-19-11-13-24-14-12-19/h3-15H,16H2,1-2H3,(H,25,26). The van der Waals surface area contributed by atoms with E-state index in [1.807, 2.05) is 61.5 Å². The van der Waals surface area contributed by atoms with Gasteiger partial charge in [-0.05, 0) is 66.1 Å². The highest BCUT2D eigenvalue weighted by Gasteiger charge is 2.06. The molecule has 0 aliphatic carbocycles. The lowest BCUT2D eigenvalue weighted by Crippen LogP contribution is -2.09. The zero-order valence-corrected chi connectivity index (χ0v) is 15.9. The monoisotopic (exact) mass is 374 g/mol. The maximum Gasteiger partial charge on any atom is 0.248 e. The second-order valence-electron chi connectivity index (χ2n) is 6.19. The third-order valence-corrected chi connectivity index (χ3v) is 4.13. The van der Waals surface area contributed by atoms with Crippen LogP contribution in [0.5, 0.6) is 11.5 Å². The second kappa shape index (κ2) is 9.37. The van der Waals surface area contributed by atoms with Crippen LogP contribution in [0.25, 0.3) is 6.08 Å². The molecule has 0 fully saturated rings. The Morgan fingerprint density at radius 2 is 1.86 bits per heavy atom. The zero-order valence-electron chi connectivity index (χ0n) is 15.9. The summed E-state index contributed by atoms with van der Waals surface area (Å²) in [6.45, 7) is 2.36. The van der Waals surface area contributed by atoms with Crippen molar-refractivity contribution < 1.29 is 14.3 Å². The second-order valence-corrected chi connectivity index (χ2v) is 6.19. The Kier molecular flexibility index (Phi) is 6.41. The van der Waals surface area contributed by atoms with Gasteiger partial charge in [-0.2, -0.15) is 0 Å². The van der Waals surface area contributed by atoms with Crippen LogP contribution in [0.15, 0.2) is 73.1 Å². The fourth-order valence-electron chi connectivity index (χ4n) is 2.69. The van der Waals surface area contributed by atoms with Gasteiger partial charge in [0.2, 0.25) is 5.91 Å². The van der Waals surface area contributed by atoms with Crippen LogP contribution in [0.1, 0.15) is 16.7 Å². The molecule has 142 valence electrons. The van der Waals surface area contributed by atoms with Crippen LogP contribution in [0.3, 0.4) is 0 Å². The van der Waals surface area contributed by atoms with E-state index < -0.39 is 0 Å². The third kappa shape index (κ3) is 5.20. The topological polar surface area (TPSA) is 60.5 Å². The minimum atomic E-state index is -0.228. The molecule has 3 rings (SSSR count). The molecule has 0 spiro atoms. The van der Waals surface area contributed by atoms with Crippen molar-refractivity contribution in [3.05, 3.63) is 89.8 Å². The number of aryl methyl sites for hydroxylation is 1. The molecule has 0 radical (unpaired) electrons. The molecular formula is C23H22N2O3. The Hall–Kier alpha value is -3.60. The number of amides is 1. The van der Waals surface area contributed by atoms with Gasteiger partial charge in [0.25, 0.3) is 0 Å². The predicted molar refractivity (Wildman–Crippen MR) is 110 cm³/mol. The predicted octanol–water partition coefficient (Wildman–Crippen LogP) is 4.63. The zero-order chi connectivity index (χ0) is 19.8. The summed E-state index contributed by atoms with van der Waals surface area (Å²) >= 11 is 0. The molecule has 3 aromatic rings. The van der Waals surface area contributed by atoms with Crippen molar-refractivity contribution in [1.29, 1.82) is 0 Å². The van der Waals surface area contributed by atoms with Gasteiger partial charge in [0.1, 0.15) is 18.1 Å². The van der Waals surface area contributed by atoms with Crippen molar-refractivity contribution in [2.24, 2.45) is 0 Å². The third-order valence-electron chi connectivity index (χ3n) is 4.13. The maximum atomic E-state index is 12.3. The van der Waals surface area contributed by atoms with E-state index in [0.29, 0.717) is 18.0 Å². The van der Waals surface area contributed by atoms with Crippen molar-refractivity contribution in [2.45, 2.75) is 13.5 Å². The van der Waals surface area contributed by atoms with Gasteiger partial charge in [-0.1, -0.05) is 18.2 Å².